The normalized spacial score (nSPS) is 16.5. The summed E-state index contributed by atoms with van der Waals surface area (Å²) in [6.45, 7) is 5.09. The predicted molar refractivity (Wildman–Crippen MR) is 80.2 cm³/mol. The smallest absolute Gasteiger partial charge is 0.203 e. The average molecular weight is 281 g/mol. The number of anilines is 1. The fraction of sp³-hybridized carbons (Fsp3) is 0.800. The van der Waals surface area contributed by atoms with Crippen LogP contribution in [0.1, 0.15) is 37.8 Å². The second-order valence-electron chi connectivity index (χ2n) is 5.45. The van der Waals surface area contributed by atoms with Crippen molar-refractivity contribution in [3.05, 3.63) is 11.9 Å². The third-order valence-electron chi connectivity index (χ3n) is 3.72. The van der Waals surface area contributed by atoms with Crippen molar-refractivity contribution in [2.45, 2.75) is 51.7 Å². The summed E-state index contributed by atoms with van der Waals surface area (Å²) in [4.78, 5) is 4.49. The zero-order valence-electron chi connectivity index (χ0n) is 12.7. The van der Waals surface area contributed by atoms with Gasteiger partial charge in [0.2, 0.25) is 5.95 Å². The Hall–Kier alpha value is -1.07. The van der Waals surface area contributed by atoms with Crippen molar-refractivity contribution in [2.24, 2.45) is 0 Å². The highest BCUT2D eigenvalue weighted by molar-refractivity contribution is 5.28. The number of aromatic nitrogens is 2. The molecule has 0 aromatic carbocycles. The molecule has 2 rings (SSSR count). The van der Waals surface area contributed by atoms with E-state index in [1.165, 1.54) is 32.1 Å². The van der Waals surface area contributed by atoms with Crippen LogP contribution in [0.3, 0.4) is 0 Å². The molecule has 1 fully saturated rings. The van der Waals surface area contributed by atoms with Crippen LogP contribution in [-0.4, -0.2) is 42.5 Å². The lowest BCUT2D eigenvalue weighted by Gasteiger charge is -2.22. The quantitative estimate of drug-likeness (QED) is 0.744. The first-order valence-corrected chi connectivity index (χ1v) is 7.68. The molecule has 5 heteroatoms. The molecule has 20 heavy (non-hydrogen) atoms. The Labute approximate surface area is 121 Å². The lowest BCUT2D eigenvalue weighted by atomic mass is 9.98. The fourth-order valence-electron chi connectivity index (χ4n) is 2.67. The largest absolute Gasteiger partial charge is 0.383 e. The molecule has 1 aromatic rings. The summed E-state index contributed by atoms with van der Waals surface area (Å²) in [5.41, 5.74) is 1.03. The van der Waals surface area contributed by atoms with E-state index in [9.17, 15) is 0 Å². The molecule has 114 valence electrons. The van der Waals surface area contributed by atoms with E-state index in [-0.39, 0.29) is 0 Å². The first kappa shape index (κ1) is 15.3. The van der Waals surface area contributed by atoms with Crippen molar-refractivity contribution < 1.29 is 9.47 Å². The molecule has 1 aromatic heterocycles. The maximum Gasteiger partial charge on any atom is 0.203 e. The maximum absolute atomic E-state index is 5.98. The van der Waals surface area contributed by atoms with E-state index in [0.717, 1.165) is 31.3 Å². The number of aryl methyl sites for hydroxylation is 1. The van der Waals surface area contributed by atoms with E-state index in [1.807, 2.05) is 6.92 Å². The van der Waals surface area contributed by atoms with Crippen LogP contribution in [0.25, 0.3) is 0 Å². The van der Waals surface area contributed by atoms with Gasteiger partial charge >= 0.3 is 0 Å². The monoisotopic (exact) mass is 281 g/mol. The van der Waals surface area contributed by atoms with Gasteiger partial charge in [-0.3, -0.25) is 0 Å². The van der Waals surface area contributed by atoms with Crippen LogP contribution in [0.15, 0.2) is 6.20 Å². The Balaban J connectivity index is 1.76. The topological polar surface area (TPSA) is 48.3 Å². The molecule has 1 aliphatic rings. The standard InChI is InChI=1S/C15H27N3O2/c1-13-12-18(15(17-13)16-8-10-19-2)9-11-20-14-6-4-3-5-7-14/h12,14H,3-11H2,1-2H3,(H,16,17). The van der Waals surface area contributed by atoms with Crippen LogP contribution in [0.4, 0.5) is 5.95 Å². The molecule has 1 saturated carbocycles. The number of imidazole rings is 1. The summed E-state index contributed by atoms with van der Waals surface area (Å²) in [7, 11) is 1.71. The lowest BCUT2D eigenvalue weighted by molar-refractivity contribution is 0.0242. The van der Waals surface area contributed by atoms with Crippen molar-refractivity contribution in [1.29, 1.82) is 0 Å². The van der Waals surface area contributed by atoms with Crippen molar-refractivity contribution in [3.8, 4) is 0 Å². The molecular weight excluding hydrogens is 254 g/mol. The molecule has 1 heterocycles. The molecule has 5 nitrogen and oxygen atoms in total. The number of methoxy groups -OCH3 is 1. The number of ether oxygens (including phenoxy) is 2. The molecular formula is C15H27N3O2. The molecule has 1 N–H and O–H groups in total. The minimum absolute atomic E-state index is 0.471. The highest BCUT2D eigenvalue weighted by Crippen LogP contribution is 2.20. The second-order valence-corrected chi connectivity index (χ2v) is 5.45. The number of nitrogens with one attached hydrogen (secondary N) is 1. The summed E-state index contributed by atoms with van der Waals surface area (Å²) in [5.74, 6) is 0.909. The molecule has 0 amide bonds. The number of nitrogens with zero attached hydrogens (tertiary/aromatic N) is 2. The van der Waals surface area contributed by atoms with Crippen LogP contribution in [0.2, 0.25) is 0 Å². The van der Waals surface area contributed by atoms with Crippen molar-refractivity contribution in [3.63, 3.8) is 0 Å². The lowest BCUT2D eigenvalue weighted by Crippen LogP contribution is -2.20. The van der Waals surface area contributed by atoms with E-state index >= 15 is 0 Å². The number of hydrogen-bond donors (Lipinski definition) is 1. The van der Waals surface area contributed by atoms with E-state index in [2.05, 4.69) is 21.1 Å². The Kier molecular flexibility index (Phi) is 6.33. The van der Waals surface area contributed by atoms with Crippen molar-refractivity contribution >= 4 is 5.95 Å². The molecule has 0 atom stereocenters. The van der Waals surface area contributed by atoms with Crippen LogP contribution < -0.4 is 5.32 Å². The molecule has 0 bridgehead atoms. The SMILES string of the molecule is COCCNc1nc(C)cn1CCOC1CCCCC1. The number of hydrogen-bond acceptors (Lipinski definition) is 4. The Morgan fingerprint density at radius 1 is 1.30 bits per heavy atom. The summed E-state index contributed by atoms with van der Waals surface area (Å²) in [5, 5.41) is 3.29. The van der Waals surface area contributed by atoms with Gasteiger partial charge in [0.15, 0.2) is 0 Å². The molecule has 1 aliphatic carbocycles. The fourth-order valence-corrected chi connectivity index (χ4v) is 2.67. The third-order valence-corrected chi connectivity index (χ3v) is 3.72. The summed E-state index contributed by atoms with van der Waals surface area (Å²) in [6, 6.07) is 0. The van der Waals surface area contributed by atoms with Crippen molar-refractivity contribution in [2.75, 3.05) is 32.2 Å². The molecule has 0 unspecified atom stereocenters. The van der Waals surface area contributed by atoms with E-state index < -0.39 is 0 Å². The zero-order chi connectivity index (χ0) is 14.2. The van der Waals surface area contributed by atoms with Gasteiger partial charge in [-0.25, -0.2) is 4.98 Å². The van der Waals surface area contributed by atoms with Crippen molar-refractivity contribution in [1.82, 2.24) is 9.55 Å². The Morgan fingerprint density at radius 2 is 2.10 bits per heavy atom. The minimum Gasteiger partial charge on any atom is -0.383 e. The second kappa shape index (κ2) is 8.27. The van der Waals surface area contributed by atoms with Gasteiger partial charge in [-0.15, -0.1) is 0 Å². The Morgan fingerprint density at radius 3 is 2.85 bits per heavy atom. The first-order chi connectivity index (χ1) is 9.79. The van der Waals surface area contributed by atoms with Gasteiger partial charge in [-0.1, -0.05) is 19.3 Å². The van der Waals surface area contributed by atoms with Gasteiger partial charge in [-0.2, -0.15) is 0 Å². The summed E-state index contributed by atoms with van der Waals surface area (Å²) in [6.07, 6.45) is 8.99. The van der Waals surface area contributed by atoms with Gasteiger partial charge in [0.25, 0.3) is 0 Å². The first-order valence-electron chi connectivity index (χ1n) is 7.68. The molecule has 0 radical (unpaired) electrons. The zero-order valence-corrected chi connectivity index (χ0v) is 12.7. The van der Waals surface area contributed by atoms with Gasteiger partial charge in [-0.05, 0) is 19.8 Å². The Bertz CT molecular complexity index is 386. The maximum atomic E-state index is 5.98. The highest BCUT2D eigenvalue weighted by Gasteiger charge is 2.13. The average Bonchev–Trinajstić information content (AvgIpc) is 2.81. The van der Waals surface area contributed by atoms with Crippen LogP contribution >= 0.6 is 0 Å². The van der Waals surface area contributed by atoms with E-state index in [1.54, 1.807) is 7.11 Å². The van der Waals surface area contributed by atoms with Gasteiger partial charge < -0.3 is 19.4 Å². The van der Waals surface area contributed by atoms with E-state index in [4.69, 9.17) is 9.47 Å². The predicted octanol–water partition coefficient (Wildman–Crippen LogP) is 2.60. The third kappa shape index (κ3) is 4.80. The molecule has 0 spiro atoms. The van der Waals surface area contributed by atoms with Crippen LogP contribution in [0, 0.1) is 6.92 Å². The van der Waals surface area contributed by atoms with E-state index in [0.29, 0.717) is 12.7 Å². The minimum atomic E-state index is 0.471. The van der Waals surface area contributed by atoms with Gasteiger partial charge in [0.05, 0.1) is 25.0 Å². The summed E-state index contributed by atoms with van der Waals surface area (Å²) >= 11 is 0. The van der Waals surface area contributed by atoms with Gasteiger partial charge in [0, 0.05) is 26.4 Å². The molecule has 0 aliphatic heterocycles. The molecule has 0 saturated heterocycles. The van der Waals surface area contributed by atoms with Crippen LogP contribution in [-0.2, 0) is 16.0 Å². The summed E-state index contributed by atoms with van der Waals surface area (Å²) < 4.78 is 13.2. The van der Waals surface area contributed by atoms with Gasteiger partial charge in [0.1, 0.15) is 0 Å². The highest BCUT2D eigenvalue weighted by atomic mass is 16.5. The number of rotatable bonds is 8. The van der Waals surface area contributed by atoms with Crippen LogP contribution in [0.5, 0.6) is 0 Å².